The molecule has 1 aromatic heterocycles. The molecule has 1 unspecified atom stereocenters. The van der Waals surface area contributed by atoms with E-state index >= 15 is 0 Å². The summed E-state index contributed by atoms with van der Waals surface area (Å²) in [6.45, 7) is 3.05. The first-order valence-corrected chi connectivity index (χ1v) is 7.08. The van der Waals surface area contributed by atoms with Gasteiger partial charge in [0.05, 0.1) is 35.0 Å². The van der Waals surface area contributed by atoms with Crippen LogP contribution in [0.4, 0.5) is 17.2 Å². The molecule has 0 spiro atoms. The van der Waals surface area contributed by atoms with E-state index in [1.807, 2.05) is 0 Å². The van der Waals surface area contributed by atoms with Crippen molar-refractivity contribution < 1.29 is 19.4 Å². The second kappa shape index (κ2) is 6.95. The number of carbonyl (C=O) groups is 1. The van der Waals surface area contributed by atoms with Gasteiger partial charge in [0, 0.05) is 0 Å². The summed E-state index contributed by atoms with van der Waals surface area (Å²) in [5.41, 5.74) is 0.0728. The minimum atomic E-state index is -0.907. The summed E-state index contributed by atoms with van der Waals surface area (Å²) >= 11 is 0. The lowest BCUT2D eigenvalue weighted by Gasteiger charge is -2.12. The molecule has 0 saturated carbocycles. The Morgan fingerprint density at radius 3 is 2.48 bits per heavy atom. The van der Waals surface area contributed by atoms with Crippen molar-refractivity contribution in [1.82, 2.24) is 9.78 Å². The Morgan fingerprint density at radius 1 is 1.28 bits per heavy atom. The fourth-order valence-electron chi connectivity index (χ4n) is 2.20. The van der Waals surface area contributed by atoms with E-state index in [0.717, 1.165) is 0 Å². The fraction of sp³-hybridized carbons (Fsp3) is 0.286. The van der Waals surface area contributed by atoms with Gasteiger partial charge in [-0.25, -0.2) is 0 Å². The Bertz CT molecular complexity index is 846. The largest absolute Gasteiger partial charge is 0.496 e. The van der Waals surface area contributed by atoms with Gasteiger partial charge in [-0.3, -0.25) is 14.9 Å². The SMILES string of the molecule is COc1ccc(NC(=O)C(C)n2nc([N+](=O)[O-])cc2C)c([N+](=O)[O-])c1. The number of nitro groups is 2. The average molecular weight is 349 g/mol. The molecule has 2 aromatic rings. The molecule has 0 aliphatic rings. The molecule has 0 radical (unpaired) electrons. The second-order valence-corrected chi connectivity index (χ2v) is 5.15. The number of hydrogen-bond acceptors (Lipinski definition) is 7. The zero-order chi connectivity index (χ0) is 18.7. The Balaban J connectivity index is 2.27. The van der Waals surface area contributed by atoms with Gasteiger partial charge >= 0.3 is 5.82 Å². The first kappa shape index (κ1) is 17.8. The number of aryl methyl sites for hydroxylation is 1. The number of hydrogen-bond donors (Lipinski definition) is 1. The molecule has 0 saturated heterocycles. The second-order valence-electron chi connectivity index (χ2n) is 5.15. The van der Waals surface area contributed by atoms with Gasteiger partial charge in [0.1, 0.15) is 17.5 Å². The van der Waals surface area contributed by atoms with Crippen molar-refractivity contribution in [2.24, 2.45) is 0 Å². The molecule has 1 N–H and O–H groups in total. The van der Waals surface area contributed by atoms with E-state index in [-0.39, 0.29) is 22.9 Å². The van der Waals surface area contributed by atoms with Crippen LogP contribution in [0.5, 0.6) is 5.75 Å². The maximum atomic E-state index is 12.4. The quantitative estimate of drug-likeness (QED) is 0.622. The van der Waals surface area contributed by atoms with Gasteiger partial charge in [0.2, 0.25) is 0 Å². The Hall–Kier alpha value is -3.50. The summed E-state index contributed by atoms with van der Waals surface area (Å²) in [4.78, 5) is 33.0. The maximum Gasteiger partial charge on any atom is 0.390 e. The van der Waals surface area contributed by atoms with Gasteiger partial charge in [-0.2, -0.15) is 4.68 Å². The number of nitro benzene ring substituents is 1. The highest BCUT2D eigenvalue weighted by Gasteiger charge is 2.26. The predicted molar refractivity (Wildman–Crippen MR) is 86.6 cm³/mol. The van der Waals surface area contributed by atoms with Crippen LogP contribution in [0.1, 0.15) is 18.7 Å². The van der Waals surface area contributed by atoms with Crippen molar-refractivity contribution in [2.45, 2.75) is 19.9 Å². The Kier molecular flexibility index (Phi) is 4.96. The summed E-state index contributed by atoms with van der Waals surface area (Å²) in [6, 6.07) is 4.33. The van der Waals surface area contributed by atoms with Gasteiger partial charge in [0.25, 0.3) is 11.6 Å². The summed E-state index contributed by atoms with van der Waals surface area (Å²) in [6.07, 6.45) is 0. The number of nitrogens with one attached hydrogen (secondary N) is 1. The van der Waals surface area contributed by atoms with E-state index in [9.17, 15) is 25.0 Å². The van der Waals surface area contributed by atoms with Crippen molar-refractivity contribution >= 4 is 23.1 Å². The number of aromatic nitrogens is 2. The monoisotopic (exact) mass is 349 g/mol. The highest BCUT2D eigenvalue weighted by molar-refractivity contribution is 5.95. The van der Waals surface area contributed by atoms with Crippen LogP contribution >= 0.6 is 0 Å². The third-order valence-electron chi connectivity index (χ3n) is 3.50. The normalized spacial score (nSPS) is 11.6. The molecule has 0 bridgehead atoms. The van der Waals surface area contributed by atoms with Crippen LogP contribution < -0.4 is 10.1 Å². The number of methoxy groups -OCH3 is 1. The molecular formula is C14H15N5O6. The first-order valence-electron chi connectivity index (χ1n) is 7.08. The molecule has 1 heterocycles. The van der Waals surface area contributed by atoms with E-state index < -0.39 is 21.8 Å². The number of carbonyl (C=O) groups excluding carboxylic acids is 1. The molecule has 0 aliphatic heterocycles. The third kappa shape index (κ3) is 3.71. The molecule has 132 valence electrons. The number of nitrogens with zero attached hydrogens (tertiary/aromatic N) is 4. The minimum absolute atomic E-state index is 0.0121. The Labute approximate surface area is 141 Å². The first-order chi connectivity index (χ1) is 11.7. The third-order valence-corrected chi connectivity index (χ3v) is 3.50. The zero-order valence-electron chi connectivity index (χ0n) is 13.6. The number of anilines is 1. The molecule has 0 aliphatic carbocycles. The van der Waals surface area contributed by atoms with Crippen molar-refractivity contribution in [3.63, 3.8) is 0 Å². The molecular weight excluding hydrogens is 334 g/mol. The predicted octanol–water partition coefficient (Wildman–Crippen LogP) is 2.22. The maximum absolute atomic E-state index is 12.4. The van der Waals surface area contributed by atoms with Crippen LogP contribution in [-0.4, -0.2) is 32.6 Å². The standard InChI is InChI=1S/C14H15N5O6/c1-8-6-13(19(23)24)16-17(8)9(2)14(20)15-11-5-4-10(25-3)7-12(11)18(21)22/h4-7,9H,1-3H3,(H,15,20). The molecule has 1 atom stereocenters. The smallest absolute Gasteiger partial charge is 0.390 e. The van der Waals surface area contributed by atoms with Crippen LogP contribution in [0, 0.1) is 27.2 Å². The lowest BCUT2D eigenvalue weighted by molar-refractivity contribution is -0.389. The van der Waals surface area contributed by atoms with Gasteiger partial charge in [0.15, 0.2) is 0 Å². The molecule has 1 amide bonds. The van der Waals surface area contributed by atoms with Crippen LogP contribution in [0.25, 0.3) is 0 Å². The Morgan fingerprint density at radius 2 is 1.96 bits per heavy atom. The summed E-state index contributed by atoms with van der Waals surface area (Å²) < 4.78 is 6.11. The van der Waals surface area contributed by atoms with Crippen LogP contribution in [-0.2, 0) is 4.79 Å². The van der Waals surface area contributed by atoms with E-state index in [2.05, 4.69) is 10.4 Å². The zero-order valence-corrected chi connectivity index (χ0v) is 13.6. The van der Waals surface area contributed by atoms with Gasteiger partial charge < -0.3 is 20.2 Å². The van der Waals surface area contributed by atoms with Gasteiger partial charge in [-0.15, -0.1) is 0 Å². The van der Waals surface area contributed by atoms with Crippen molar-refractivity contribution in [3.8, 4) is 5.75 Å². The molecule has 11 nitrogen and oxygen atoms in total. The fourth-order valence-corrected chi connectivity index (χ4v) is 2.20. The molecule has 1 aromatic carbocycles. The van der Waals surface area contributed by atoms with Crippen molar-refractivity contribution in [3.05, 3.63) is 50.2 Å². The summed E-state index contributed by atoms with van der Waals surface area (Å²) in [7, 11) is 1.37. The summed E-state index contributed by atoms with van der Waals surface area (Å²) in [5.74, 6) is -0.710. The molecule has 11 heteroatoms. The number of ether oxygens (including phenoxy) is 1. The molecule has 2 rings (SSSR count). The van der Waals surface area contributed by atoms with E-state index in [1.165, 1.54) is 43.0 Å². The minimum Gasteiger partial charge on any atom is -0.496 e. The number of benzene rings is 1. The topological polar surface area (TPSA) is 142 Å². The van der Waals surface area contributed by atoms with E-state index in [0.29, 0.717) is 5.69 Å². The van der Waals surface area contributed by atoms with Crippen molar-refractivity contribution in [1.29, 1.82) is 0 Å². The van der Waals surface area contributed by atoms with E-state index in [1.54, 1.807) is 6.92 Å². The van der Waals surface area contributed by atoms with Crippen LogP contribution in [0.2, 0.25) is 0 Å². The van der Waals surface area contributed by atoms with Gasteiger partial charge in [-0.05, 0) is 30.9 Å². The number of rotatable bonds is 6. The van der Waals surface area contributed by atoms with Crippen molar-refractivity contribution in [2.75, 3.05) is 12.4 Å². The molecule has 25 heavy (non-hydrogen) atoms. The lowest BCUT2D eigenvalue weighted by Crippen LogP contribution is -2.25. The highest BCUT2D eigenvalue weighted by atomic mass is 16.6. The van der Waals surface area contributed by atoms with Crippen LogP contribution in [0.15, 0.2) is 24.3 Å². The highest BCUT2D eigenvalue weighted by Crippen LogP contribution is 2.29. The van der Waals surface area contributed by atoms with E-state index in [4.69, 9.17) is 4.74 Å². The lowest BCUT2D eigenvalue weighted by atomic mass is 10.2. The van der Waals surface area contributed by atoms with Gasteiger partial charge in [-0.1, -0.05) is 0 Å². The van der Waals surface area contributed by atoms with Crippen LogP contribution in [0.3, 0.4) is 0 Å². The molecule has 0 fully saturated rings. The summed E-state index contributed by atoms with van der Waals surface area (Å²) in [5, 5.41) is 28.1. The number of amides is 1. The average Bonchev–Trinajstić information content (AvgIpc) is 2.96.